The van der Waals surface area contributed by atoms with Crippen LogP contribution in [-0.4, -0.2) is 124 Å². The van der Waals surface area contributed by atoms with Crippen LogP contribution < -0.4 is 42.1 Å². The Labute approximate surface area is 440 Å². The average Bonchev–Trinajstić information content (AvgIpc) is 3.92. The first-order chi connectivity index (χ1) is 35.5. The molecule has 24 nitrogen and oxygen atoms in total. The Hall–Kier alpha value is -5.23. The van der Waals surface area contributed by atoms with E-state index in [1.807, 2.05) is 13.8 Å². The number of carbonyl (C=O) groups is 2. The summed E-state index contributed by atoms with van der Waals surface area (Å²) in [6.07, 6.45) is 1.88. The molecule has 4 aromatic rings. The van der Waals surface area contributed by atoms with Crippen molar-refractivity contribution < 1.29 is 79.0 Å². The fourth-order valence-electron chi connectivity index (χ4n) is 6.36. The van der Waals surface area contributed by atoms with E-state index < -0.39 is 103 Å². The van der Waals surface area contributed by atoms with Gasteiger partial charge in [0.2, 0.25) is 46.7 Å². The summed E-state index contributed by atoms with van der Waals surface area (Å²) < 4.78 is 122. The molecule has 0 saturated carbocycles. The van der Waals surface area contributed by atoms with Gasteiger partial charge in [0, 0.05) is 19.5 Å². The molecule has 10 atom stereocenters. The van der Waals surface area contributed by atoms with Crippen LogP contribution in [0.3, 0.4) is 0 Å². The van der Waals surface area contributed by atoms with Crippen LogP contribution in [-0.2, 0) is 32.7 Å². The Kier molecular flexibility index (Phi) is 23.7. The zero-order valence-electron chi connectivity index (χ0n) is 41.8. The number of anilines is 2. The molecule has 4 heterocycles. The molecule has 2 aromatic carbocycles. The van der Waals surface area contributed by atoms with Gasteiger partial charge in [-0.1, -0.05) is 45.9 Å². The first-order valence-electron chi connectivity index (χ1n) is 22.9. The highest BCUT2D eigenvalue weighted by molar-refractivity contribution is 8.00. The van der Waals surface area contributed by atoms with Crippen LogP contribution in [0, 0.1) is 40.9 Å². The number of aliphatic hydroxyl groups excluding tert-OH is 3. The van der Waals surface area contributed by atoms with E-state index in [1.54, 1.807) is 26.8 Å². The van der Waals surface area contributed by atoms with E-state index >= 15 is 0 Å². The van der Waals surface area contributed by atoms with Crippen LogP contribution in [0.15, 0.2) is 52.6 Å². The number of carbonyl (C=O) groups excluding carboxylic acids is 2. The quantitative estimate of drug-likeness (QED) is 0.0213. The van der Waals surface area contributed by atoms with Gasteiger partial charge in [0.05, 0.1) is 59.9 Å². The molecule has 0 spiro atoms. The van der Waals surface area contributed by atoms with Crippen molar-refractivity contribution in [3.05, 3.63) is 93.0 Å². The maximum absolute atomic E-state index is 14.0. The molecule has 0 amide bonds. The van der Waals surface area contributed by atoms with E-state index in [0.717, 1.165) is 0 Å². The van der Waals surface area contributed by atoms with Crippen molar-refractivity contribution in [2.75, 3.05) is 44.6 Å². The van der Waals surface area contributed by atoms with Crippen molar-refractivity contribution in [1.82, 2.24) is 39.2 Å². The van der Waals surface area contributed by atoms with Crippen molar-refractivity contribution in [3.63, 3.8) is 0 Å². The predicted octanol–water partition coefficient (Wildman–Crippen LogP) is 4.31. The number of aliphatic hydroxyl groups is 3. The first-order valence-corrected chi connectivity index (χ1v) is 28.4. The predicted molar refractivity (Wildman–Crippen MR) is 268 cm³/mol. The molecule has 76 heavy (non-hydrogen) atoms. The molecule has 2 saturated heterocycles. The lowest BCUT2D eigenvalue weighted by atomic mass is 10.2. The molecule has 2 unspecified atom stereocenters. The molecule has 0 bridgehead atoms. The van der Waals surface area contributed by atoms with Crippen LogP contribution in [0.25, 0.3) is 0 Å². The number of thioether (sulfide) groups is 2. The molecule has 0 aliphatic carbocycles. The normalized spacial score (nSPS) is 21.5. The summed E-state index contributed by atoms with van der Waals surface area (Å²) in [6, 6.07) is 4.87. The fraction of sp³-hybridized carbons (Fsp3) is 0.535. The van der Waals surface area contributed by atoms with Gasteiger partial charge in [0.1, 0.15) is 30.5 Å². The van der Waals surface area contributed by atoms with Crippen LogP contribution in [0.4, 0.5) is 33.8 Å². The smallest absolute Gasteiger partial charge is 0.464 e. The van der Waals surface area contributed by atoms with E-state index in [-0.39, 0.29) is 78.3 Å². The van der Waals surface area contributed by atoms with Gasteiger partial charge in [-0.15, -0.1) is 23.5 Å². The lowest BCUT2D eigenvalue weighted by molar-refractivity contribution is -0.147. The van der Waals surface area contributed by atoms with E-state index in [9.17, 15) is 60.5 Å². The third kappa shape index (κ3) is 18.5. The number of nitrogens with zero attached hydrogens (tertiary/aromatic N) is 6. The Morgan fingerprint density at radius 1 is 0.724 bits per heavy atom. The number of hydrogen-bond donors (Lipinski definition) is 7. The number of benzene rings is 2. The Morgan fingerprint density at radius 2 is 1.16 bits per heavy atom. The van der Waals surface area contributed by atoms with Gasteiger partial charge in [-0.3, -0.25) is 23.3 Å². The number of nitrogen functional groups attached to an aromatic ring is 2. The standard InChI is InChI=1S/C19H19F5NO5P.C16H28N5O6PS.C8H12N4O3S/c1-10(2)9-28-19(26)11(3)25-31(27,29-12-7-5-4-6-8-12)30-18-16(23)14(21)13(20)15(22)17(18)24;1-9(2)6-26-14(23)10(3)20-28(4,25)27-7-12-11(22)5-13(29-12)21-8-18-15(17)19-16(21)24;9-7-10-3-12(8(15)11-7)6-1-4(14)5(2-13)16-6/h4-8,10-11H,9H2,1-3H3,(H,25,27);8-13,22H,5-7H2,1-4H3,(H,20,25)(H2,17,19,24);3-6,13-14H,1-2H2,(H2,9,11,15)/t11-,31-;10-,11?,12+,13+,28+;4?,5-,6-/m001/s1. The van der Waals surface area contributed by atoms with Crippen molar-refractivity contribution in [2.24, 2.45) is 11.8 Å². The summed E-state index contributed by atoms with van der Waals surface area (Å²) in [5.74, 6) is -15.1. The van der Waals surface area contributed by atoms with Crippen molar-refractivity contribution in [1.29, 1.82) is 0 Å². The van der Waals surface area contributed by atoms with Crippen molar-refractivity contribution in [3.8, 4) is 11.5 Å². The number of rotatable bonds is 20. The minimum absolute atomic E-state index is 0.0202. The van der Waals surface area contributed by atoms with E-state index in [4.69, 9.17) is 35.1 Å². The summed E-state index contributed by atoms with van der Waals surface area (Å²) in [7, 11) is -8.24. The molecule has 422 valence electrons. The molecule has 0 radical (unpaired) electrons. The van der Waals surface area contributed by atoms with Gasteiger partial charge in [-0.05, 0) is 37.8 Å². The summed E-state index contributed by atoms with van der Waals surface area (Å²) in [5, 5.41) is 32.3. The summed E-state index contributed by atoms with van der Waals surface area (Å²) >= 11 is 2.63. The molecular formula is C43H59F5N10O14P2S2. The minimum atomic E-state index is -4.92. The SMILES string of the molecule is CC(C)COC(=O)[C@H](C)N[P@](=O)(Oc1ccccc1)Oc1c(F)c(F)c(F)c(F)c1F.CC(C)COC(=O)[C@H](C)N[P@](C)(=O)OC[C@H]1S[C@@H](n2cnc(N)nc2=O)CC1O.Nc1ncn([C@H]2CC(O)[C@@H](CO)S2)c(=O)n1. The number of halogens is 5. The second kappa shape index (κ2) is 28.4. The zero-order valence-corrected chi connectivity index (χ0v) is 45.3. The number of aromatic nitrogens is 6. The Bertz CT molecular complexity index is 2810. The highest BCUT2D eigenvalue weighted by Crippen LogP contribution is 2.48. The fourth-order valence-corrected chi connectivity index (χ4v) is 12.1. The number of para-hydroxylation sites is 1. The van der Waals surface area contributed by atoms with E-state index in [0.29, 0.717) is 6.42 Å². The maximum Gasteiger partial charge on any atom is 0.513 e. The molecule has 6 rings (SSSR count). The third-order valence-electron chi connectivity index (χ3n) is 10.1. The second-order valence-electron chi connectivity index (χ2n) is 17.6. The molecular weight excluding hydrogens is 1100 g/mol. The maximum atomic E-state index is 14.0. The van der Waals surface area contributed by atoms with Gasteiger partial charge in [-0.25, -0.2) is 42.4 Å². The average molecular weight is 1160 g/mol. The van der Waals surface area contributed by atoms with E-state index in [2.05, 4.69) is 34.6 Å². The number of ether oxygens (including phenoxy) is 2. The lowest BCUT2D eigenvalue weighted by Crippen LogP contribution is -2.36. The molecule has 2 fully saturated rings. The molecule has 9 N–H and O–H groups in total. The molecule has 2 aliphatic rings. The van der Waals surface area contributed by atoms with Gasteiger partial charge < -0.3 is 49.8 Å². The van der Waals surface area contributed by atoms with Crippen molar-refractivity contribution >= 4 is 62.6 Å². The summed E-state index contributed by atoms with van der Waals surface area (Å²) in [5.41, 5.74) is 9.62. The number of nitrogens with two attached hydrogens (primary N) is 2. The third-order valence-corrected chi connectivity index (χ3v) is 16.3. The summed E-state index contributed by atoms with van der Waals surface area (Å²) in [6.45, 7) is 11.6. The second-order valence-corrected chi connectivity index (χ2v) is 24.3. The highest BCUT2D eigenvalue weighted by atomic mass is 32.2. The number of hydrogen-bond acceptors (Lipinski definition) is 22. The van der Waals surface area contributed by atoms with Gasteiger partial charge in [-0.2, -0.15) is 23.8 Å². The zero-order chi connectivity index (χ0) is 56.8. The van der Waals surface area contributed by atoms with Gasteiger partial charge in [0.25, 0.3) is 7.52 Å². The van der Waals surface area contributed by atoms with E-state index in [1.165, 1.54) is 83.2 Å². The number of esters is 2. The number of nitrogens with one attached hydrogen (secondary N) is 2. The Balaban J connectivity index is 0.000000258. The largest absolute Gasteiger partial charge is 0.513 e. The summed E-state index contributed by atoms with van der Waals surface area (Å²) in [4.78, 5) is 62.1. The highest BCUT2D eigenvalue weighted by Gasteiger charge is 2.40. The van der Waals surface area contributed by atoms with Crippen LogP contribution in [0.1, 0.15) is 65.1 Å². The van der Waals surface area contributed by atoms with Crippen molar-refractivity contribution in [2.45, 2.75) is 99.9 Å². The lowest BCUT2D eigenvalue weighted by Gasteiger charge is -2.23. The van der Waals surface area contributed by atoms with Crippen LogP contribution in [0.5, 0.6) is 11.5 Å². The molecule has 2 aliphatic heterocycles. The monoisotopic (exact) mass is 1160 g/mol. The van der Waals surface area contributed by atoms with Gasteiger partial charge >= 0.3 is 31.1 Å². The minimum Gasteiger partial charge on any atom is -0.464 e. The topological polar surface area (TPSA) is 347 Å². The van der Waals surface area contributed by atoms with Crippen LogP contribution >= 0.6 is 38.8 Å². The van der Waals surface area contributed by atoms with Crippen LogP contribution in [0.2, 0.25) is 0 Å². The Morgan fingerprint density at radius 3 is 1.59 bits per heavy atom. The molecule has 2 aromatic heterocycles. The first kappa shape index (κ1) is 63.3. The van der Waals surface area contributed by atoms with Gasteiger partial charge in [0.15, 0.2) is 0 Å². The molecule has 33 heteroatoms.